The van der Waals surface area contributed by atoms with Crippen LogP contribution in [0.15, 0.2) is 59.2 Å². The van der Waals surface area contributed by atoms with Gasteiger partial charge in [-0.05, 0) is 35.2 Å². The van der Waals surface area contributed by atoms with E-state index in [-0.39, 0.29) is 0 Å². The summed E-state index contributed by atoms with van der Waals surface area (Å²) in [5.74, 6) is 1.77. The largest absolute Gasteiger partial charge is 0.438 e. The van der Waals surface area contributed by atoms with Gasteiger partial charge in [0.1, 0.15) is 5.75 Å². The van der Waals surface area contributed by atoms with Crippen LogP contribution >= 0.6 is 27.5 Å². The lowest BCUT2D eigenvalue weighted by Crippen LogP contribution is -1.92. The predicted molar refractivity (Wildman–Crippen MR) is 85.5 cm³/mol. The minimum Gasteiger partial charge on any atom is -0.438 e. The van der Waals surface area contributed by atoms with Gasteiger partial charge in [0.25, 0.3) is 0 Å². The molecule has 0 N–H and O–H groups in total. The highest BCUT2D eigenvalue weighted by atomic mass is 79.9. The van der Waals surface area contributed by atoms with Gasteiger partial charge < -0.3 is 4.74 Å². The van der Waals surface area contributed by atoms with E-state index in [0.29, 0.717) is 11.8 Å². The molecule has 0 spiro atoms. The number of alkyl halides is 1. The van der Waals surface area contributed by atoms with Crippen molar-refractivity contribution in [3.63, 3.8) is 0 Å². The van der Waals surface area contributed by atoms with E-state index in [1.807, 2.05) is 48.5 Å². The van der Waals surface area contributed by atoms with Crippen LogP contribution in [0, 0.1) is 0 Å². The number of hydrogen-bond acceptors (Lipinski definition) is 2. The zero-order valence-electron chi connectivity index (χ0n) is 10.5. The first-order valence-corrected chi connectivity index (χ1v) is 7.46. The van der Waals surface area contributed by atoms with Crippen molar-refractivity contribution in [2.45, 2.75) is 5.88 Å². The third kappa shape index (κ3) is 2.65. The Hall–Kier alpha value is -1.58. The van der Waals surface area contributed by atoms with Crippen molar-refractivity contribution >= 4 is 38.3 Å². The van der Waals surface area contributed by atoms with Crippen molar-refractivity contribution < 1.29 is 4.74 Å². The fourth-order valence-electron chi connectivity index (χ4n) is 2.06. The number of ether oxygens (including phenoxy) is 1. The first-order valence-electron chi connectivity index (χ1n) is 6.14. The Morgan fingerprint density at radius 2 is 1.85 bits per heavy atom. The van der Waals surface area contributed by atoms with Gasteiger partial charge in [0.05, 0.1) is 0 Å². The molecule has 0 amide bonds. The Kier molecular flexibility index (Phi) is 3.90. The summed E-state index contributed by atoms with van der Waals surface area (Å²) >= 11 is 9.38. The maximum Gasteiger partial charge on any atom is 0.227 e. The molecule has 0 saturated carbocycles. The van der Waals surface area contributed by atoms with E-state index in [1.165, 1.54) is 0 Å². The molecule has 4 heteroatoms. The molecule has 0 aliphatic heterocycles. The molecule has 0 bridgehead atoms. The number of aromatic nitrogens is 1. The maximum absolute atomic E-state index is 5.95. The zero-order chi connectivity index (χ0) is 13.9. The average Bonchev–Trinajstić information content (AvgIpc) is 2.48. The summed E-state index contributed by atoms with van der Waals surface area (Å²) < 4.78 is 6.86. The fourth-order valence-corrected chi connectivity index (χ4v) is 2.65. The Balaban J connectivity index is 2.08. The Bertz CT molecular complexity index is 760. The molecule has 0 radical (unpaired) electrons. The van der Waals surface area contributed by atoms with E-state index in [2.05, 4.69) is 20.9 Å². The van der Waals surface area contributed by atoms with Crippen LogP contribution in [0.2, 0.25) is 0 Å². The minimum atomic E-state index is 0.435. The molecule has 0 aliphatic rings. The zero-order valence-corrected chi connectivity index (χ0v) is 12.9. The molecule has 0 aliphatic carbocycles. The number of nitrogens with zero attached hydrogens (tertiary/aromatic N) is 1. The molecule has 1 heterocycles. The van der Waals surface area contributed by atoms with Gasteiger partial charge in [0, 0.05) is 21.9 Å². The van der Waals surface area contributed by atoms with Crippen LogP contribution in [-0.2, 0) is 5.88 Å². The lowest BCUT2D eigenvalue weighted by molar-refractivity contribution is 0.468. The monoisotopic (exact) mass is 347 g/mol. The smallest absolute Gasteiger partial charge is 0.227 e. The highest BCUT2D eigenvalue weighted by Gasteiger charge is 2.08. The van der Waals surface area contributed by atoms with Gasteiger partial charge in [-0.1, -0.05) is 40.2 Å². The molecule has 100 valence electrons. The van der Waals surface area contributed by atoms with Crippen LogP contribution in [0.25, 0.3) is 10.8 Å². The highest BCUT2D eigenvalue weighted by molar-refractivity contribution is 9.10. The summed E-state index contributed by atoms with van der Waals surface area (Å²) in [6.07, 6.45) is 1.77. The molecule has 0 saturated heterocycles. The van der Waals surface area contributed by atoms with Crippen molar-refractivity contribution in [1.82, 2.24) is 4.98 Å². The van der Waals surface area contributed by atoms with Gasteiger partial charge in [-0.2, -0.15) is 0 Å². The second-order valence-corrected chi connectivity index (χ2v) is 5.51. The molecule has 2 nitrogen and oxygen atoms in total. The number of rotatable bonds is 3. The number of fused-ring (bicyclic) bond motifs is 1. The lowest BCUT2D eigenvalue weighted by atomic mass is 10.1. The summed E-state index contributed by atoms with van der Waals surface area (Å²) in [6.45, 7) is 0. The molecular formula is C16H11BrClNO. The maximum atomic E-state index is 5.95. The molecule has 0 fully saturated rings. The van der Waals surface area contributed by atoms with Gasteiger partial charge in [0.15, 0.2) is 0 Å². The second kappa shape index (κ2) is 5.81. The van der Waals surface area contributed by atoms with E-state index in [1.54, 1.807) is 6.20 Å². The van der Waals surface area contributed by atoms with Crippen LogP contribution < -0.4 is 4.74 Å². The van der Waals surface area contributed by atoms with Crippen molar-refractivity contribution in [2.24, 2.45) is 0 Å². The van der Waals surface area contributed by atoms with E-state index >= 15 is 0 Å². The summed E-state index contributed by atoms with van der Waals surface area (Å²) in [7, 11) is 0. The van der Waals surface area contributed by atoms with Crippen LogP contribution in [0.1, 0.15) is 5.56 Å². The van der Waals surface area contributed by atoms with Crippen molar-refractivity contribution in [2.75, 3.05) is 0 Å². The third-order valence-electron chi connectivity index (χ3n) is 3.00. The van der Waals surface area contributed by atoms with Crippen LogP contribution in [0.5, 0.6) is 11.6 Å². The van der Waals surface area contributed by atoms with E-state index < -0.39 is 0 Å². The standard InChI is InChI=1S/C16H11BrClNO/c17-12-4-3-5-13(8-12)20-16-15-7-2-1-6-14(15)11(9-18)10-19-16/h1-8,10H,9H2. The Morgan fingerprint density at radius 3 is 2.60 bits per heavy atom. The van der Waals surface area contributed by atoms with Crippen molar-refractivity contribution in [1.29, 1.82) is 0 Å². The molecule has 1 aromatic heterocycles. The lowest BCUT2D eigenvalue weighted by Gasteiger charge is -2.10. The summed E-state index contributed by atoms with van der Waals surface area (Å²) in [5.41, 5.74) is 1.00. The third-order valence-corrected chi connectivity index (χ3v) is 3.78. The number of halogens is 2. The molecule has 0 unspecified atom stereocenters. The fraction of sp³-hybridized carbons (Fsp3) is 0.0625. The summed E-state index contributed by atoms with van der Waals surface area (Å²) in [6, 6.07) is 15.7. The van der Waals surface area contributed by atoms with Gasteiger partial charge in [-0.15, -0.1) is 11.6 Å². The molecule has 2 aromatic carbocycles. The molecule has 3 aromatic rings. The van der Waals surface area contributed by atoms with Crippen LogP contribution in [-0.4, -0.2) is 4.98 Å². The van der Waals surface area contributed by atoms with Gasteiger partial charge in [0.2, 0.25) is 5.88 Å². The van der Waals surface area contributed by atoms with Crippen molar-refractivity contribution in [3.8, 4) is 11.6 Å². The number of pyridine rings is 1. The van der Waals surface area contributed by atoms with Crippen LogP contribution in [0.4, 0.5) is 0 Å². The number of hydrogen-bond donors (Lipinski definition) is 0. The Morgan fingerprint density at radius 1 is 1.05 bits per heavy atom. The normalized spacial score (nSPS) is 10.7. The molecule has 0 atom stereocenters. The summed E-state index contributed by atoms with van der Waals surface area (Å²) in [5, 5.41) is 2.04. The van der Waals surface area contributed by atoms with Gasteiger partial charge in [-0.3, -0.25) is 0 Å². The van der Waals surface area contributed by atoms with Gasteiger partial charge >= 0.3 is 0 Å². The van der Waals surface area contributed by atoms with E-state index in [0.717, 1.165) is 26.6 Å². The Labute approximate surface area is 130 Å². The minimum absolute atomic E-state index is 0.435. The molecule has 3 rings (SSSR count). The van der Waals surface area contributed by atoms with Crippen molar-refractivity contribution in [3.05, 3.63) is 64.8 Å². The van der Waals surface area contributed by atoms with E-state index in [4.69, 9.17) is 16.3 Å². The molecular weight excluding hydrogens is 338 g/mol. The first kappa shape index (κ1) is 13.4. The first-order chi connectivity index (χ1) is 9.78. The summed E-state index contributed by atoms with van der Waals surface area (Å²) in [4.78, 5) is 4.38. The topological polar surface area (TPSA) is 22.1 Å². The van der Waals surface area contributed by atoms with Gasteiger partial charge in [-0.25, -0.2) is 4.98 Å². The number of benzene rings is 2. The second-order valence-electron chi connectivity index (χ2n) is 4.33. The SMILES string of the molecule is ClCc1cnc(Oc2cccc(Br)c2)c2ccccc12. The highest BCUT2D eigenvalue weighted by Crippen LogP contribution is 2.31. The molecule has 20 heavy (non-hydrogen) atoms. The predicted octanol–water partition coefficient (Wildman–Crippen LogP) is 5.53. The van der Waals surface area contributed by atoms with Crippen LogP contribution in [0.3, 0.4) is 0 Å². The van der Waals surface area contributed by atoms with E-state index in [9.17, 15) is 0 Å². The quantitative estimate of drug-likeness (QED) is 0.581. The average molecular weight is 349 g/mol.